The van der Waals surface area contributed by atoms with Gasteiger partial charge in [-0.1, -0.05) is 13.0 Å². The van der Waals surface area contributed by atoms with Crippen LogP contribution in [0.2, 0.25) is 0 Å². The fourth-order valence-electron chi connectivity index (χ4n) is 8.36. The Morgan fingerprint density at radius 3 is 2.64 bits per heavy atom. The quantitative estimate of drug-likeness (QED) is 0.444. The van der Waals surface area contributed by atoms with Gasteiger partial charge in [0.2, 0.25) is 0 Å². The molecule has 2 bridgehead atoms. The largest absolute Gasteiger partial charge is 0.508 e. The highest BCUT2D eigenvalue weighted by Crippen LogP contribution is 2.41. The first-order chi connectivity index (χ1) is 21.2. The highest BCUT2D eigenvalue weighted by Gasteiger charge is 2.45. The maximum absolute atomic E-state index is 15.0. The molecule has 3 aromatic rings. The number of benzene rings is 2. The number of nitrogens with one attached hydrogen (secondary N) is 1. The number of ether oxygens (including phenoxy) is 1. The lowest BCUT2D eigenvalue weighted by molar-refractivity contribution is 0.107. The van der Waals surface area contributed by atoms with Crippen molar-refractivity contribution in [3.63, 3.8) is 0 Å². The molecule has 2 atom stereocenters. The highest BCUT2D eigenvalue weighted by molar-refractivity contribution is 5.98. The molecule has 1 aromatic heterocycles. The van der Waals surface area contributed by atoms with Crippen LogP contribution in [0.25, 0.3) is 10.8 Å². The molecule has 2 aromatic carbocycles. The van der Waals surface area contributed by atoms with Crippen molar-refractivity contribution in [2.75, 3.05) is 49.1 Å². The normalized spacial score (nSPS) is 25.9. The number of piperazine rings is 1. The molecule has 2 N–H and O–H groups in total. The lowest BCUT2D eigenvalue weighted by atomic mass is 9.95. The van der Waals surface area contributed by atoms with Crippen LogP contribution in [-0.4, -0.2) is 76.9 Å². The molecule has 222 valence electrons. The van der Waals surface area contributed by atoms with Crippen LogP contribution >= 0.6 is 0 Å². The van der Waals surface area contributed by atoms with Crippen LogP contribution in [0.4, 0.5) is 15.9 Å². The van der Waals surface area contributed by atoms with Gasteiger partial charge in [0.05, 0.1) is 20.5 Å². The topological polar surface area (TPSA) is 77.0 Å². The lowest BCUT2D eigenvalue weighted by Crippen LogP contribution is -2.52. The second kappa shape index (κ2) is 10.2. The van der Waals surface area contributed by atoms with Gasteiger partial charge in [0, 0.05) is 54.4 Å². The highest BCUT2D eigenvalue weighted by atomic mass is 19.1. The number of nitrogens with zero attached hydrogens (tertiary/aromatic N) is 5. The van der Waals surface area contributed by atoms with Crippen molar-refractivity contribution in [3.8, 4) is 11.8 Å². The van der Waals surface area contributed by atoms with Crippen LogP contribution in [0.5, 0.6) is 11.8 Å². The maximum atomic E-state index is 15.0. The summed E-state index contributed by atoms with van der Waals surface area (Å²) in [6.45, 7) is 4.61. The Morgan fingerprint density at radius 1 is 1.10 bits per heavy atom. The minimum atomic E-state index is -1.93. The molecular formula is C33H41FN6O2. The van der Waals surface area contributed by atoms with Gasteiger partial charge in [0.25, 0.3) is 0 Å². The Morgan fingerprint density at radius 2 is 1.88 bits per heavy atom. The van der Waals surface area contributed by atoms with Gasteiger partial charge in [-0.3, -0.25) is 4.90 Å². The summed E-state index contributed by atoms with van der Waals surface area (Å²) in [5.41, 5.74) is 2.65. The van der Waals surface area contributed by atoms with Crippen molar-refractivity contribution in [1.82, 2.24) is 20.2 Å². The summed E-state index contributed by atoms with van der Waals surface area (Å²) in [7, 11) is 0. The number of rotatable bonds is 6. The Labute approximate surface area is 249 Å². The van der Waals surface area contributed by atoms with E-state index in [2.05, 4.69) is 20.0 Å². The molecule has 0 saturated carbocycles. The van der Waals surface area contributed by atoms with Gasteiger partial charge < -0.3 is 25.0 Å². The fourth-order valence-corrected chi connectivity index (χ4v) is 8.36. The van der Waals surface area contributed by atoms with Gasteiger partial charge in [0.1, 0.15) is 23.9 Å². The van der Waals surface area contributed by atoms with E-state index in [1.54, 1.807) is 18.2 Å². The number of aromatic hydroxyl groups is 1. The maximum Gasteiger partial charge on any atom is 0.318 e. The molecule has 5 aliphatic heterocycles. The average Bonchev–Trinajstić information content (AvgIpc) is 3.71. The minimum Gasteiger partial charge on any atom is -0.508 e. The van der Waals surface area contributed by atoms with E-state index in [1.807, 2.05) is 6.92 Å². The molecule has 0 spiro atoms. The molecule has 0 radical (unpaired) electrons. The Hall–Kier alpha value is -3.17. The van der Waals surface area contributed by atoms with E-state index in [0.29, 0.717) is 43.6 Å². The summed E-state index contributed by atoms with van der Waals surface area (Å²) in [6, 6.07) is 7.55. The molecule has 0 amide bonds. The van der Waals surface area contributed by atoms with E-state index in [0.717, 1.165) is 98.2 Å². The monoisotopic (exact) mass is 574 g/mol. The van der Waals surface area contributed by atoms with Crippen LogP contribution in [0, 0.1) is 5.82 Å². The van der Waals surface area contributed by atoms with Crippen LogP contribution in [-0.2, 0) is 19.4 Å². The first-order valence-corrected chi connectivity index (χ1v) is 15.8. The van der Waals surface area contributed by atoms with Crippen LogP contribution in [0.1, 0.15) is 65.0 Å². The van der Waals surface area contributed by atoms with E-state index < -0.39 is 12.1 Å². The third kappa shape index (κ3) is 4.39. The molecular weight excluding hydrogens is 531 g/mol. The van der Waals surface area contributed by atoms with Crippen molar-refractivity contribution in [2.24, 2.45) is 0 Å². The molecule has 4 saturated heterocycles. The van der Waals surface area contributed by atoms with Gasteiger partial charge in [-0.2, -0.15) is 9.97 Å². The smallest absolute Gasteiger partial charge is 0.318 e. The van der Waals surface area contributed by atoms with Gasteiger partial charge in [-0.15, -0.1) is 0 Å². The first kappa shape index (κ1) is 24.3. The molecule has 8 nitrogen and oxygen atoms in total. The first-order valence-electron chi connectivity index (χ1n) is 16.8. The number of fused-ring (bicyclic) bond motifs is 5. The standard InChI is InChI=1S/C33H41FN6O2/c1-2-25-27(34)8-5-21-15-24(41)16-29(30(21)25)38-14-9-26-28(19-38)36-32(42-20-33-10-3-12-40(33)13-4-11-33)37-31(26)39-17-22-6-7-23(18-39)35-22/h5,8,15-16,22-23,35,41H,2-4,6-7,9-14,17-20H2,1H3/t22-,23+/i20D2. The summed E-state index contributed by atoms with van der Waals surface area (Å²) >= 11 is 0. The van der Waals surface area contributed by atoms with E-state index in [1.165, 1.54) is 6.07 Å². The molecule has 6 heterocycles. The van der Waals surface area contributed by atoms with E-state index >= 15 is 0 Å². The van der Waals surface area contributed by atoms with Crippen molar-refractivity contribution >= 4 is 22.3 Å². The number of phenolic OH excluding ortho intramolecular Hbond substituents is 1. The van der Waals surface area contributed by atoms with E-state index in [-0.39, 0.29) is 17.6 Å². The van der Waals surface area contributed by atoms with E-state index in [4.69, 9.17) is 14.7 Å². The molecule has 0 unspecified atom stereocenters. The molecule has 42 heavy (non-hydrogen) atoms. The number of halogens is 1. The van der Waals surface area contributed by atoms with Gasteiger partial charge >= 0.3 is 6.01 Å². The Bertz CT molecular complexity index is 1600. The SMILES string of the molecule is [2H]C([2H])(Oc1nc2c(c(N3C[C@H]4CC[C@@H](C3)N4)n1)CCN(c1cc(O)cc3ccc(F)c(CC)c13)C2)C12CCCN1CCC2. The summed E-state index contributed by atoms with van der Waals surface area (Å²) in [6.07, 6.45) is 6.99. The zero-order chi connectivity index (χ0) is 30.2. The summed E-state index contributed by atoms with van der Waals surface area (Å²) in [4.78, 5) is 16.7. The zero-order valence-electron chi connectivity index (χ0n) is 26.3. The van der Waals surface area contributed by atoms with Crippen molar-refractivity contribution in [3.05, 3.63) is 46.9 Å². The fraction of sp³-hybridized carbons (Fsp3) is 0.576. The number of anilines is 2. The number of hydrogen-bond acceptors (Lipinski definition) is 8. The van der Waals surface area contributed by atoms with Crippen molar-refractivity contribution in [2.45, 2.75) is 82.5 Å². The van der Waals surface area contributed by atoms with Crippen LogP contribution < -0.4 is 19.9 Å². The number of aryl methyl sites for hydroxylation is 1. The van der Waals surface area contributed by atoms with Crippen molar-refractivity contribution < 1.29 is 17.0 Å². The predicted molar refractivity (Wildman–Crippen MR) is 162 cm³/mol. The third-order valence-corrected chi connectivity index (χ3v) is 10.3. The second-order valence-corrected chi connectivity index (χ2v) is 12.8. The lowest BCUT2D eigenvalue weighted by Gasteiger charge is -2.38. The number of aromatic nitrogens is 2. The average molecular weight is 575 g/mol. The van der Waals surface area contributed by atoms with Gasteiger partial charge in [0.15, 0.2) is 0 Å². The second-order valence-electron chi connectivity index (χ2n) is 12.8. The minimum absolute atomic E-state index is 0.0886. The summed E-state index contributed by atoms with van der Waals surface area (Å²) in [5, 5.41) is 16.0. The number of hydrogen-bond donors (Lipinski definition) is 2. The molecule has 5 aliphatic rings. The summed E-state index contributed by atoms with van der Waals surface area (Å²) in [5.74, 6) is 0.750. The molecule has 4 fully saturated rings. The van der Waals surface area contributed by atoms with Gasteiger partial charge in [-0.25, -0.2) is 4.39 Å². The van der Waals surface area contributed by atoms with Crippen LogP contribution in [0.15, 0.2) is 24.3 Å². The molecule has 8 rings (SSSR count). The predicted octanol–water partition coefficient (Wildman–Crippen LogP) is 4.55. The van der Waals surface area contributed by atoms with Gasteiger partial charge in [-0.05, 0) is 87.5 Å². The molecule has 0 aliphatic carbocycles. The summed E-state index contributed by atoms with van der Waals surface area (Å²) < 4.78 is 39.6. The number of phenols is 1. The molecule has 9 heteroatoms. The van der Waals surface area contributed by atoms with Crippen molar-refractivity contribution in [1.29, 1.82) is 0 Å². The Balaban J connectivity index is 1.20. The third-order valence-electron chi connectivity index (χ3n) is 10.3. The van der Waals surface area contributed by atoms with Crippen LogP contribution in [0.3, 0.4) is 0 Å². The zero-order valence-corrected chi connectivity index (χ0v) is 24.3. The Kier molecular flexibility index (Phi) is 5.92. The van der Waals surface area contributed by atoms with E-state index in [9.17, 15) is 12.2 Å².